The van der Waals surface area contributed by atoms with Crippen molar-refractivity contribution in [2.45, 2.75) is 58.1 Å². The number of piperidine rings is 1. The van der Waals surface area contributed by atoms with Gasteiger partial charge in [-0.05, 0) is 40.0 Å². The van der Waals surface area contributed by atoms with E-state index < -0.39 is 5.60 Å². The lowest BCUT2D eigenvalue weighted by Crippen LogP contribution is -2.47. The van der Waals surface area contributed by atoms with E-state index in [1.54, 1.807) is 4.90 Å². The van der Waals surface area contributed by atoms with Crippen LogP contribution >= 0.6 is 15.9 Å². The summed E-state index contributed by atoms with van der Waals surface area (Å²) in [6.07, 6.45) is 3.06. The Balaban J connectivity index is 2.64. The predicted octanol–water partition coefficient (Wildman–Crippen LogP) is 3.13. The highest BCUT2D eigenvalue weighted by atomic mass is 79.9. The zero-order chi connectivity index (χ0) is 13.8. The average molecular weight is 320 g/mol. The first-order valence-corrected chi connectivity index (χ1v) is 7.53. The number of nitrogens with zero attached hydrogens (tertiary/aromatic N) is 1. The first-order chi connectivity index (χ1) is 8.33. The molecule has 0 aromatic carbocycles. The van der Waals surface area contributed by atoms with Crippen molar-refractivity contribution in [2.75, 3.05) is 11.9 Å². The van der Waals surface area contributed by atoms with Crippen molar-refractivity contribution in [3.63, 3.8) is 0 Å². The molecule has 4 nitrogen and oxygen atoms in total. The van der Waals surface area contributed by atoms with Crippen LogP contribution in [-0.4, -0.2) is 40.3 Å². The normalized spacial score (nSPS) is 20.7. The number of likely N-dealkylation sites (tertiary alicyclic amines) is 1. The Labute approximate surface area is 117 Å². The molecule has 18 heavy (non-hydrogen) atoms. The van der Waals surface area contributed by atoms with Crippen molar-refractivity contribution in [1.29, 1.82) is 0 Å². The molecule has 1 aliphatic heterocycles. The number of hydrogen-bond donors (Lipinski definition) is 0. The molecule has 0 aliphatic carbocycles. The minimum atomic E-state index is -0.488. The molecule has 0 N–H and O–H groups in total. The number of carbonyl (C=O) groups excluding carboxylic acids is 2. The quantitative estimate of drug-likeness (QED) is 0.751. The fourth-order valence-electron chi connectivity index (χ4n) is 2.09. The van der Waals surface area contributed by atoms with Crippen LogP contribution in [0.3, 0.4) is 0 Å². The summed E-state index contributed by atoms with van der Waals surface area (Å²) < 4.78 is 5.39. The monoisotopic (exact) mass is 319 g/mol. The third kappa shape index (κ3) is 4.96. The molecular weight excluding hydrogens is 298 g/mol. The maximum Gasteiger partial charge on any atom is 0.410 e. The summed E-state index contributed by atoms with van der Waals surface area (Å²) in [5, 5.41) is 0.353. The number of ether oxygens (including phenoxy) is 1. The van der Waals surface area contributed by atoms with Gasteiger partial charge in [-0.25, -0.2) is 4.79 Å². The van der Waals surface area contributed by atoms with Gasteiger partial charge in [0.15, 0.2) is 0 Å². The summed E-state index contributed by atoms with van der Waals surface area (Å²) in [6.45, 7) is 6.25. The van der Waals surface area contributed by atoms with Crippen molar-refractivity contribution in [3.8, 4) is 0 Å². The number of Topliss-reactive ketones (excluding diaryl/α,β-unsaturated/α-hetero) is 1. The fraction of sp³-hybridized carbons (Fsp3) is 0.846. The van der Waals surface area contributed by atoms with Gasteiger partial charge in [-0.3, -0.25) is 4.79 Å². The van der Waals surface area contributed by atoms with E-state index in [0.29, 0.717) is 18.3 Å². The van der Waals surface area contributed by atoms with E-state index in [0.717, 1.165) is 19.3 Å². The van der Waals surface area contributed by atoms with Crippen LogP contribution in [0.5, 0.6) is 0 Å². The average Bonchev–Trinajstić information content (AvgIpc) is 2.27. The van der Waals surface area contributed by atoms with Gasteiger partial charge in [0.05, 0.1) is 5.33 Å². The minimum absolute atomic E-state index is 0.00125. The van der Waals surface area contributed by atoms with Crippen LogP contribution in [0, 0.1) is 0 Å². The van der Waals surface area contributed by atoms with Crippen LogP contribution in [-0.2, 0) is 9.53 Å². The molecular formula is C13H22BrNO3. The number of amides is 1. The van der Waals surface area contributed by atoms with Crippen molar-refractivity contribution in [2.24, 2.45) is 0 Å². The second-order valence-corrected chi connectivity index (χ2v) is 6.26. The Morgan fingerprint density at radius 1 is 1.33 bits per heavy atom. The summed E-state index contributed by atoms with van der Waals surface area (Å²) in [5.41, 5.74) is -0.488. The molecule has 5 heteroatoms. The Morgan fingerprint density at radius 3 is 2.56 bits per heavy atom. The second kappa shape index (κ2) is 6.55. The van der Waals surface area contributed by atoms with Crippen LogP contribution in [0.1, 0.15) is 46.5 Å². The Kier molecular flexibility index (Phi) is 5.63. The number of rotatable bonds is 3. The van der Waals surface area contributed by atoms with Crippen molar-refractivity contribution in [3.05, 3.63) is 0 Å². The fourth-order valence-corrected chi connectivity index (χ4v) is 2.32. The lowest BCUT2D eigenvalue weighted by Gasteiger charge is -2.36. The van der Waals surface area contributed by atoms with Crippen LogP contribution in [0.4, 0.5) is 4.79 Å². The lowest BCUT2D eigenvalue weighted by molar-refractivity contribution is -0.117. The van der Waals surface area contributed by atoms with Gasteiger partial charge in [0.2, 0.25) is 0 Å². The van der Waals surface area contributed by atoms with E-state index in [4.69, 9.17) is 4.74 Å². The summed E-state index contributed by atoms with van der Waals surface area (Å²) >= 11 is 3.16. The summed E-state index contributed by atoms with van der Waals surface area (Å²) in [6, 6.07) is -0.00125. The zero-order valence-electron chi connectivity index (χ0n) is 11.4. The van der Waals surface area contributed by atoms with E-state index in [9.17, 15) is 9.59 Å². The van der Waals surface area contributed by atoms with Gasteiger partial charge in [0.1, 0.15) is 11.4 Å². The predicted molar refractivity (Wildman–Crippen MR) is 74.0 cm³/mol. The molecule has 0 bridgehead atoms. The molecule has 1 rings (SSSR count). The van der Waals surface area contributed by atoms with Gasteiger partial charge in [-0.15, -0.1) is 0 Å². The highest BCUT2D eigenvalue weighted by Gasteiger charge is 2.31. The van der Waals surface area contributed by atoms with Crippen LogP contribution in [0.2, 0.25) is 0 Å². The number of carbonyl (C=O) groups is 2. The number of halogens is 1. The highest BCUT2D eigenvalue weighted by molar-refractivity contribution is 9.09. The molecule has 0 aromatic rings. The molecule has 104 valence electrons. The van der Waals surface area contributed by atoms with Crippen LogP contribution in [0.25, 0.3) is 0 Å². The van der Waals surface area contributed by atoms with Gasteiger partial charge < -0.3 is 9.64 Å². The smallest absolute Gasteiger partial charge is 0.410 e. The molecule has 1 fully saturated rings. The maximum absolute atomic E-state index is 12.1. The molecule has 0 aromatic heterocycles. The Hall–Kier alpha value is -0.580. The molecule has 1 aliphatic rings. The highest BCUT2D eigenvalue weighted by Crippen LogP contribution is 2.22. The molecule has 1 saturated heterocycles. The molecule has 0 unspecified atom stereocenters. The van der Waals surface area contributed by atoms with Crippen molar-refractivity contribution < 1.29 is 14.3 Å². The zero-order valence-corrected chi connectivity index (χ0v) is 13.0. The second-order valence-electron chi connectivity index (χ2n) is 5.70. The van der Waals surface area contributed by atoms with Gasteiger partial charge in [0, 0.05) is 19.0 Å². The molecule has 0 saturated carbocycles. The largest absolute Gasteiger partial charge is 0.444 e. The number of hydrogen-bond acceptors (Lipinski definition) is 3. The molecule has 0 radical (unpaired) electrons. The van der Waals surface area contributed by atoms with Crippen molar-refractivity contribution in [1.82, 2.24) is 4.90 Å². The topological polar surface area (TPSA) is 46.6 Å². The van der Waals surface area contributed by atoms with E-state index in [2.05, 4.69) is 15.9 Å². The Bertz CT molecular complexity index is 312. The first kappa shape index (κ1) is 15.5. The van der Waals surface area contributed by atoms with E-state index >= 15 is 0 Å². The van der Waals surface area contributed by atoms with Gasteiger partial charge in [0.25, 0.3) is 0 Å². The van der Waals surface area contributed by atoms with Crippen LogP contribution in [0.15, 0.2) is 0 Å². The summed E-state index contributed by atoms with van der Waals surface area (Å²) in [7, 11) is 0. The molecule has 1 amide bonds. The first-order valence-electron chi connectivity index (χ1n) is 6.41. The number of ketones is 1. The minimum Gasteiger partial charge on any atom is -0.444 e. The third-order valence-electron chi connectivity index (χ3n) is 2.87. The van der Waals surface area contributed by atoms with E-state index in [1.165, 1.54) is 0 Å². The Morgan fingerprint density at radius 2 is 2.00 bits per heavy atom. The summed E-state index contributed by atoms with van der Waals surface area (Å²) in [5.74, 6) is 0.135. The third-order valence-corrected chi connectivity index (χ3v) is 3.49. The standard InChI is InChI=1S/C13H22BrNO3/c1-13(2,3)18-12(17)15-7-5-4-6-10(15)8-11(16)9-14/h10H,4-9H2,1-3H3/t10-/m1/s1. The molecule has 1 atom stereocenters. The van der Waals surface area contributed by atoms with E-state index in [-0.39, 0.29) is 17.9 Å². The van der Waals surface area contributed by atoms with E-state index in [1.807, 2.05) is 20.8 Å². The SMILES string of the molecule is CC(C)(C)OC(=O)N1CCCC[C@@H]1CC(=O)CBr. The van der Waals surface area contributed by atoms with Crippen molar-refractivity contribution >= 4 is 27.8 Å². The number of alkyl halides is 1. The maximum atomic E-state index is 12.1. The van der Waals surface area contributed by atoms with Crippen LogP contribution < -0.4 is 0 Å². The van der Waals surface area contributed by atoms with Gasteiger partial charge >= 0.3 is 6.09 Å². The molecule has 0 spiro atoms. The summed E-state index contributed by atoms with van der Waals surface area (Å²) in [4.78, 5) is 25.3. The van der Waals surface area contributed by atoms with Gasteiger partial charge in [-0.1, -0.05) is 15.9 Å². The molecule has 1 heterocycles. The lowest BCUT2D eigenvalue weighted by atomic mass is 9.98. The van der Waals surface area contributed by atoms with Gasteiger partial charge in [-0.2, -0.15) is 0 Å².